The summed E-state index contributed by atoms with van der Waals surface area (Å²) < 4.78 is 0. The Hall–Kier alpha value is -1.62. The van der Waals surface area contributed by atoms with Crippen molar-refractivity contribution >= 4 is 33.1 Å². The van der Waals surface area contributed by atoms with Crippen molar-refractivity contribution in [1.29, 1.82) is 0 Å². The number of carbonyl (C=O) groups is 1. The SMILES string of the molecule is CC[C@H]1CCc2nc3sc(C(=O)NC4CC4)c(N)c3cc2C1. The monoisotopic (exact) mass is 315 g/mol. The first-order valence-corrected chi connectivity index (χ1v) is 8.99. The number of nitrogens with two attached hydrogens (primary N) is 1. The van der Waals surface area contributed by atoms with Gasteiger partial charge in [-0.15, -0.1) is 11.3 Å². The number of nitrogens with zero attached hydrogens (tertiary/aromatic N) is 1. The number of hydrogen-bond acceptors (Lipinski definition) is 4. The Morgan fingerprint density at radius 2 is 2.27 bits per heavy atom. The number of nitrogens with one attached hydrogen (secondary N) is 1. The number of nitrogen functional groups attached to an aromatic ring is 1. The molecule has 0 saturated heterocycles. The molecular weight excluding hydrogens is 294 g/mol. The second-order valence-electron chi connectivity index (χ2n) is 6.56. The molecule has 2 aromatic rings. The number of pyridine rings is 1. The van der Waals surface area contributed by atoms with Gasteiger partial charge in [-0.3, -0.25) is 4.79 Å². The lowest BCUT2D eigenvalue weighted by Gasteiger charge is -2.22. The molecule has 0 bridgehead atoms. The van der Waals surface area contributed by atoms with Crippen LogP contribution in [-0.4, -0.2) is 16.9 Å². The highest BCUT2D eigenvalue weighted by Gasteiger charge is 2.27. The fourth-order valence-electron chi connectivity index (χ4n) is 3.26. The zero-order valence-electron chi connectivity index (χ0n) is 12.8. The summed E-state index contributed by atoms with van der Waals surface area (Å²) in [5.41, 5.74) is 9.37. The predicted molar refractivity (Wildman–Crippen MR) is 90.3 cm³/mol. The number of anilines is 1. The van der Waals surface area contributed by atoms with Gasteiger partial charge in [0.05, 0.1) is 5.69 Å². The topological polar surface area (TPSA) is 68.0 Å². The molecule has 4 rings (SSSR count). The number of fused-ring (bicyclic) bond motifs is 2. The van der Waals surface area contributed by atoms with Crippen molar-refractivity contribution in [2.45, 2.75) is 51.5 Å². The summed E-state index contributed by atoms with van der Waals surface area (Å²) in [6.45, 7) is 2.25. The van der Waals surface area contributed by atoms with Gasteiger partial charge in [0.2, 0.25) is 0 Å². The molecule has 0 unspecified atom stereocenters. The van der Waals surface area contributed by atoms with Crippen LogP contribution < -0.4 is 11.1 Å². The lowest BCUT2D eigenvalue weighted by Crippen LogP contribution is -2.25. The van der Waals surface area contributed by atoms with Crippen molar-refractivity contribution in [3.8, 4) is 0 Å². The predicted octanol–water partition coefficient (Wildman–Crippen LogP) is 3.29. The highest BCUT2D eigenvalue weighted by Crippen LogP contribution is 2.37. The van der Waals surface area contributed by atoms with E-state index in [2.05, 4.69) is 18.3 Å². The van der Waals surface area contributed by atoms with Gasteiger partial charge >= 0.3 is 0 Å². The molecule has 2 aliphatic carbocycles. The second kappa shape index (κ2) is 5.23. The van der Waals surface area contributed by atoms with Gasteiger partial charge in [-0.2, -0.15) is 0 Å². The van der Waals surface area contributed by atoms with E-state index in [0.717, 1.165) is 41.8 Å². The fraction of sp³-hybridized carbons (Fsp3) is 0.529. The van der Waals surface area contributed by atoms with Crippen LogP contribution in [0.2, 0.25) is 0 Å². The number of carbonyl (C=O) groups excluding carboxylic acids is 1. The van der Waals surface area contributed by atoms with Gasteiger partial charge in [-0.25, -0.2) is 4.98 Å². The molecule has 0 radical (unpaired) electrons. The Bertz CT molecular complexity index is 748. The average Bonchev–Trinajstić information content (AvgIpc) is 3.28. The van der Waals surface area contributed by atoms with Crippen molar-refractivity contribution in [2.24, 2.45) is 5.92 Å². The Balaban J connectivity index is 1.73. The molecular formula is C17H21N3OS. The lowest BCUT2D eigenvalue weighted by molar-refractivity contribution is 0.0956. The van der Waals surface area contributed by atoms with Crippen LogP contribution in [0.25, 0.3) is 10.2 Å². The van der Waals surface area contributed by atoms with Gasteiger partial charge in [0, 0.05) is 17.1 Å². The summed E-state index contributed by atoms with van der Waals surface area (Å²) in [5.74, 6) is 0.719. The van der Waals surface area contributed by atoms with E-state index in [-0.39, 0.29) is 5.91 Å². The molecule has 1 amide bonds. The van der Waals surface area contributed by atoms with Gasteiger partial charge in [0.25, 0.3) is 5.91 Å². The zero-order valence-corrected chi connectivity index (χ0v) is 13.6. The van der Waals surface area contributed by atoms with E-state index >= 15 is 0 Å². The summed E-state index contributed by atoms with van der Waals surface area (Å²) in [6, 6.07) is 2.53. The van der Waals surface area contributed by atoms with Crippen molar-refractivity contribution in [3.63, 3.8) is 0 Å². The van der Waals surface area contributed by atoms with Crippen LogP contribution in [0.1, 0.15) is 53.5 Å². The first-order chi connectivity index (χ1) is 10.7. The van der Waals surface area contributed by atoms with E-state index in [9.17, 15) is 4.79 Å². The zero-order chi connectivity index (χ0) is 15.3. The maximum Gasteiger partial charge on any atom is 0.263 e. The Morgan fingerprint density at radius 1 is 1.45 bits per heavy atom. The summed E-state index contributed by atoms with van der Waals surface area (Å²) >= 11 is 1.43. The number of rotatable bonds is 3. The third kappa shape index (κ3) is 2.37. The van der Waals surface area contributed by atoms with Gasteiger partial charge in [-0.1, -0.05) is 13.3 Å². The lowest BCUT2D eigenvalue weighted by atomic mass is 9.85. The third-order valence-electron chi connectivity index (χ3n) is 4.88. The van der Waals surface area contributed by atoms with E-state index in [1.54, 1.807) is 0 Å². The molecule has 3 N–H and O–H groups in total. The molecule has 1 atom stereocenters. The van der Waals surface area contributed by atoms with Crippen LogP contribution in [0.3, 0.4) is 0 Å². The van der Waals surface area contributed by atoms with Crippen LogP contribution in [0.15, 0.2) is 6.07 Å². The molecule has 0 spiro atoms. The first kappa shape index (κ1) is 14.0. The Morgan fingerprint density at radius 3 is 3.00 bits per heavy atom. The van der Waals surface area contributed by atoms with E-state index in [0.29, 0.717) is 16.6 Å². The summed E-state index contributed by atoms with van der Waals surface area (Å²) in [5, 5.41) is 3.98. The van der Waals surface area contributed by atoms with Crippen LogP contribution in [0, 0.1) is 5.92 Å². The van der Waals surface area contributed by atoms with Gasteiger partial charge < -0.3 is 11.1 Å². The Labute approximate surface area is 134 Å². The van der Waals surface area contributed by atoms with E-state index in [1.165, 1.54) is 35.4 Å². The van der Waals surface area contributed by atoms with Gasteiger partial charge in [0.1, 0.15) is 9.71 Å². The third-order valence-corrected chi connectivity index (χ3v) is 6.00. The molecule has 1 saturated carbocycles. The molecule has 0 aromatic carbocycles. The number of aromatic nitrogens is 1. The molecule has 2 aliphatic rings. The summed E-state index contributed by atoms with van der Waals surface area (Å²) in [7, 11) is 0. The average molecular weight is 315 g/mol. The number of thiophene rings is 1. The minimum absolute atomic E-state index is 0.0348. The molecule has 0 aliphatic heterocycles. The number of amides is 1. The molecule has 116 valence electrons. The standard InChI is InChI=1S/C17H21N3OS/c1-2-9-3-6-13-10(7-9)8-12-14(18)15(22-17(12)20-13)16(21)19-11-4-5-11/h8-9,11H,2-7,18H2,1H3,(H,19,21)/t9-/m0/s1. The van der Waals surface area contributed by atoms with E-state index in [4.69, 9.17) is 10.7 Å². The van der Waals surface area contributed by atoms with Crippen LogP contribution in [0.5, 0.6) is 0 Å². The molecule has 1 fully saturated rings. The molecule has 4 nitrogen and oxygen atoms in total. The number of hydrogen-bond donors (Lipinski definition) is 2. The highest BCUT2D eigenvalue weighted by molar-refractivity contribution is 7.21. The first-order valence-electron chi connectivity index (χ1n) is 8.17. The minimum atomic E-state index is -0.0348. The van der Waals surface area contributed by atoms with E-state index in [1.807, 2.05) is 0 Å². The number of aryl methyl sites for hydroxylation is 1. The van der Waals surface area contributed by atoms with Crippen LogP contribution in [-0.2, 0) is 12.8 Å². The quantitative estimate of drug-likeness (QED) is 0.913. The maximum atomic E-state index is 12.3. The summed E-state index contributed by atoms with van der Waals surface area (Å²) in [4.78, 5) is 18.6. The minimum Gasteiger partial charge on any atom is -0.397 e. The van der Waals surface area contributed by atoms with Gasteiger partial charge in [0.15, 0.2) is 0 Å². The highest BCUT2D eigenvalue weighted by atomic mass is 32.1. The van der Waals surface area contributed by atoms with Crippen molar-refractivity contribution in [2.75, 3.05) is 5.73 Å². The summed E-state index contributed by atoms with van der Waals surface area (Å²) in [6.07, 6.45) is 6.74. The van der Waals surface area contributed by atoms with E-state index < -0.39 is 0 Å². The van der Waals surface area contributed by atoms with Crippen molar-refractivity contribution < 1.29 is 4.79 Å². The normalized spacial score (nSPS) is 20.9. The van der Waals surface area contributed by atoms with Crippen LogP contribution in [0.4, 0.5) is 5.69 Å². The smallest absolute Gasteiger partial charge is 0.263 e. The van der Waals surface area contributed by atoms with Crippen molar-refractivity contribution in [3.05, 3.63) is 22.2 Å². The van der Waals surface area contributed by atoms with Crippen molar-refractivity contribution in [1.82, 2.24) is 10.3 Å². The largest absolute Gasteiger partial charge is 0.397 e. The Kier molecular flexibility index (Phi) is 3.33. The molecule has 2 heterocycles. The maximum absolute atomic E-state index is 12.3. The molecule has 5 heteroatoms. The fourth-order valence-corrected chi connectivity index (χ4v) is 4.26. The van der Waals surface area contributed by atoms with Crippen LogP contribution >= 0.6 is 11.3 Å². The molecule has 2 aromatic heterocycles. The molecule has 22 heavy (non-hydrogen) atoms. The van der Waals surface area contributed by atoms with Gasteiger partial charge in [-0.05, 0) is 49.7 Å². The second-order valence-corrected chi connectivity index (χ2v) is 7.56.